The summed E-state index contributed by atoms with van der Waals surface area (Å²) in [6.45, 7) is 2.06. The van der Waals surface area contributed by atoms with E-state index in [0.717, 1.165) is 17.7 Å². The molecule has 1 unspecified atom stereocenters. The fourth-order valence-corrected chi connectivity index (χ4v) is 2.47. The van der Waals surface area contributed by atoms with E-state index in [2.05, 4.69) is 12.2 Å². The molecule has 0 spiro atoms. The van der Waals surface area contributed by atoms with Crippen LogP contribution in [0.25, 0.3) is 0 Å². The SMILES string of the molecule is CCC(Nc1ccc(F)cc1)c1ccc(Cl)cc1Cl. The summed E-state index contributed by atoms with van der Waals surface area (Å²) in [5, 5.41) is 4.59. The van der Waals surface area contributed by atoms with Crippen LogP contribution >= 0.6 is 23.2 Å². The molecule has 0 aromatic heterocycles. The van der Waals surface area contributed by atoms with Gasteiger partial charge in [-0.05, 0) is 48.4 Å². The van der Waals surface area contributed by atoms with Gasteiger partial charge in [0.2, 0.25) is 0 Å². The molecule has 1 atom stereocenters. The summed E-state index contributed by atoms with van der Waals surface area (Å²) in [7, 11) is 0. The number of hydrogen-bond acceptors (Lipinski definition) is 1. The van der Waals surface area contributed by atoms with Gasteiger partial charge in [0.1, 0.15) is 5.82 Å². The van der Waals surface area contributed by atoms with Crippen molar-refractivity contribution >= 4 is 28.9 Å². The van der Waals surface area contributed by atoms with Gasteiger partial charge in [0.25, 0.3) is 0 Å². The van der Waals surface area contributed by atoms with Gasteiger partial charge in [-0.2, -0.15) is 0 Å². The minimum atomic E-state index is -0.247. The summed E-state index contributed by atoms with van der Waals surface area (Å²) in [6.07, 6.45) is 0.860. The first-order chi connectivity index (χ1) is 9.10. The molecular formula is C15H14Cl2FN. The Bertz CT molecular complexity index is 555. The van der Waals surface area contributed by atoms with Crippen molar-refractivity contribution < 1.29 is 4.39 Å². The van der Waals surface area contributed by atoms with Crippen molar-refractivity contribution in [2.75, 3.05) is 5.32 Å². The van der Waals surface area contributed by atoms with E-state index in [1.807, 2.05) is 12.1 Å². The lowest BCUT2D eigenvalue weighted by Crippen LogP contribution is -2.10. The van der Waals surface area contributed by atoms with Gasteiger partial charge in [-0.25, -0.2) is 4.39 Å². The van der Waals surface area contributed by atoms with Gasteiger partial charge < -0.3 is 5.32 Å². The van der Waals surface area contributed by atoms with Crippen LogP contribution in [0.15, 0.2) is 42.5 Å². The van der Waals surface area contributed by atoms with Crippen LogP contribution in [0.1, 0.15) is 24.9 Å². The molecule has 0 saturated carbocycles. The number of halogens is 3. The average Bonchev–Trinajstić information content (AvgIpc) is 2.39. The Morgan fingerprint density at radius 1 is 1.11 bits per heavy atom. The Morgan fingerprint density at radius 3 is 2.37 bits per heavy atom. The quantitative estimate of drug-likeness (QED) is 0.764. The first kappa shape index (κ1) is 14.2. The van der Waals surface area contributed by atoms with E-state index in [4.69, 9.17) is 23.2 Å². The molecule has 2 aromatic rings. The maximum atomic E-state index is 12.9. The van der Waals surface area contributed by atoms with E-state index in [0.29, 0.717) is 10.0 Å². The zero-order valence-corrected chi connectivity index (χ0v) is 12.0. The number of anilines is 1. The Morgan fingerprint density at radius 2 is 1.79 bits per heavy atom. The van der Waals surface area contributed by atoms with Gasteiger partial charge in [-0.3, -0.25) is 0 Å². The van der Waals surface area contributed by atoms with Crippen molar-refractivity contribution in [2.45, 2.75) is 19.4 Å². The maximum absolute atomic E-state index is 12.9. The van der Waals surface area contributed by atoms with Gasteiger partial charge in [0.05, 0.1) is 6.04 Å². The highest BCUT2D eigenvalue weighted by atomic mass is 35.5. The molecule has 2 aromatic carbocycles. The Hall–Kier alpha value is -1.25. The molecule has 0 heterocycles. The summed E-state index contributed by atoms with van der Waals surface area (Å²) in [4.78, 5) is 0. The van der Waals surface area contributed by atoms with Crippen molar-refractivity contribution in [3.05, 3.63) is 63.9 Å². The summed E-state index contributed by atoms with van der Waals surface area (Å²) < 4.78 is 12.9. The Labute approximate surface area is 122 Å². The normalized spacial score (nSPS) is 12.2. The fraction of sp³-hybridized carbons (Fsp3) is 0.200. The molecule has 0 fully saturated rings. The standard InChI is InChI=1S/C15H14Cl2FN/c1-2-15(13-8-3-10(16)9-14(13)17)19-12-6-4-11(18)5-7-12/h3-9,15,19H,2H2,1H3. The molecule has 2 rings (SSSR count). The maximum Gasteiger partial charge on any atom is 0.123 e. The molecule has 4 heteroatoms. The second-order valence-corrected chi connectivity index (χ2v) is 5.12. The van der Waals surface area contributed by atoms with Gasteiger partial charge in [0, 0.05) is 15.7 Å². The van der Waals surface area contributed by atoms with Crippen LogP contribution in [0.2, 0.25) is 10.0 Å². The first-order valence-electron chi connectivity index (χ1n) is 6.07. The van der Waals surface area contributed by atoms with Crippen LogP contribution < -0.4 is 5.32 Å². The molecule has 19 heavy (non-hydrogen) atoms. The summed E-state index contributed by atoms with van der Waals surface area (Å²) in [5.41, 5.74) is 1.84. The minimum Gasteiger partial charge on any atom is -0.378 e. The molecule has 0 aliphatic rings. The topological polar surface area (TPSA) is 12.0 Å². The van der Waals surface area contributed by atoms with Gasteiger partial charge in [-0.15, -0.1) is 0 Å². The second-order valence-electron chi connectivity index (χ2n) is 4.28. The van der Waals surface area contributed by atoms with Crippen LogP contribution in [0, 0.1) is 5.82 Å². The van der Waals surface area contributed by atoms with Crippen molar-refractivity contribution in [3.8, 4) is 0 Å². The Balaban J connectivity index is 2.22. The van der Waals surface area contributed by atoms with Gasteiger partial charge in [0.15, 0.2) is 0 Å². The molecule has 100 valence electrons. The molecule has 0 bridgehead atoms. The van der Waals surface area contributed by atoms with Crippen LogP contribution in [0.5, 0.6) is 0 Å². The van der Waals surface area contributed by atoms with Gasteiger partial charge >= 0.3 is 0 Å². The lowest BCUT2D eigenvalue weighted by molar-refractivity contribution is 0.627. The van der Waals surface area contributed by atoms with E-state index < -0.39 is 0 Å². The van der Waals surface area contributed by atoms with E-state index in [1.54, 1.807) is 18.2 Å². The molecule has 0 aliphatic carbocycles. The summed E-state index contributed by atoms with van der Waals surface area (Å²) in [6, 6.07) is 11.8. The zero-order chi connectivity index (χ0) is 13.8. The largest absolute Gasteiger partial charge is 0.378 e. The smallest absolute Gasteiger partial charge is 0.123 e. The predicted molar refractivity (Wildman–Crippen MR) is 79.5 cm³/mol. The molecule has 0 saturated heterocycles. The van der Waals surface area contributed by atoms with Crippen LogP contribution in [-0.4, -0.2) is 0 Å². The number of hydrogen-bond donors (Lipinski definition) is 1. The lowest BCUT2D eigenvalue weighted by atomic mass is 10.0. The predicted octanol–water partition coefficient (Wildman–Crippen LogP) is 5.70. The highest BCUT2D eigenvalue weighted by molar-refractivity contribution is 6.35. The number of benzene rings is 2. The van der Waals surface area contributed by atoms with Crippen LogP contribution in [0.4, 0.5) is 10.1 Å². The van der Waals surface area contributed by atoms with Crippen molar-refractivity contribution in [2.24, 2.45) is 0 Å². The third-order valence-electron chi connectivity index (χ3n) is 2.93. The van der Waals surface area contributed by atoms with Crippen LogP contribution in [-0.2, 0) is 0 Å². The summed E-state index contributed by atoms with van der Waals surface area (Å²) in [5.74, 6) is -0.247. The van der Waals surface area contributed by atoms with Gasteiger partial charge in [-0.1, -0.05) is 36.2 Å². The molecule has 0 radical (unpaired) electrons. The molecule has 1 nitrogen and oxygen atoms in total. The third-order valence-corrected chi connectivity index (χ3v) is 3.49. The van der Waals surface area contributed by atoms with E-state index in [9.17, 15) is 4.39 Å². The molecule has 0 amide bonds. The van der Waals surface area contributed by atoms with Crippen LogP contribution in [0.3, 0.4) is 0 Å². The lowest BCUT2D eigenvalue weighted by Gasteiger charge is -2.20. The Kier molecular flexibility index (Phi) is 4.67. The van der Waals surface area contributed by atoms with E-state index in [1.165, 1.54) is 12.1 Å². The molecule has 1 N–H and O–H groups in total. The second kappa shape index (κ2) is 6.27. The summed E-state index contributed by atoms with van der Waals surface area (Å²) >= 11 is 12.1. The third kappa shape index (κ3) is 3.62. The fourth-order valence-electron chi connectivity index (χ4n) is 1.93. The first-order valence-corrected chi connectivity index (χ1v) is 6.82. The monoisotopic (exact) mass is 297 g/mol. The highest BCUT2D eigenvalue weighted by Crippen LogP contribution is 2.30. The zero-order valence-electron chi connectivity index (χ0n) is 10.5. The van der Waals surface area contributed by atoms with Crippen molar-refractivity contribution in [3.63, 3.8) is 0 Å². The highest BCUT2D eigenvalue weighted by Gasteiger charge is 2.13. The van der Waals surface area contributed by atoms with E-state index >= 15 is 0 Å². The minimum absolute atomic E-state index is 0.0650. The molecule has 0 aliphatic heterocycles. The van der Waals surface area contributed by atoms with E-state index in [-0.39, 0.29) is 11.9 Å². The number of rotatable bonds is 4. The average molecular weight is 298 g/mol. The van der Waals surface area contributed by atoms with Crippen molar-refractivity contribution in [1.82, 2.24) is 0 Å². The number of nitrogens with one attached hydrogen (secondary N) is 1. The van der Waals surface area contributed by atoms with Crippen molar-refractivity contribution in [1.29, 1.82) is 0 Å². The molecular weight excluding hydrogens is 284 g/mol.